The molecule has 0 spiro atoms. The molecule has 0 saturated carbocycles. The van der Waals surface area contributed by atoms with Crippen LogP contribution in [-0.4, -0.2) is 10.2 Å². The summed E-state index contributed by atoms with van der Waals surface area (Å²) in [5, 5.41) is 8.70. The van der Waals surface area contributed by atoms with Crippen LogP contribution in [0.2, 0.25) is 10.0 Å². The van der Waals surface area contributed by atoms with Crippen molar-refractivity contribution in [2.75, 3.05) is 5.73 Å². The van der Waals surface area contributed by atoms with Gasteiger partial charge in [0.25, 0.3) is 0 Å². The predicted molar refractivity (Wildman–Crippen MR) is 101 cm³/mol. The maximum absolute atomic E-state index is 6.36. The Labute approximate surface area is 163 Å². The van der Waals surface area contributed by atoms with Gasteiger partial charge in [-0.15, -0.1) is 5.10 Å². The van der Waals surface area contributed by atoms with Gasteiger partial charge in [-0.05, 0) is 57.7 Å². The van der Waals surface area contributed by atoms with Gasteiger partial charge in [-0.2, -0.15) is 0 Å². The molecule has 2 aromatic carbocycles. The van der Waals surface area contributed by atoms with Crippen molar-refractivity contribution in [2.24, 2.45) is 0 Å². The third-order valence-electron chi connectivity index (χ3n) is 3.46. The number of halogens is 3. The monoisotopic (exact) mass is 441 g/mol. The number of anilines is 1. The highest BCUT2D eigenvalue weighted by Gasteiger charge is 2.11. The molecule has 0 saturated heterocycles. The Morgan fingerprint density at radius 3 is 2.44 bits per heavy atom. The van der Waals surface area contributed by atoms with E-state index >= 15 is 0 Å². The van der Waals surface area contributed by atoms with Crippen LogP contribution in [-0.2, 0) is 19.4 Å². The predicted octanol–water partition coefficient (Wildman–Crippen LogP) is 5.09. The maximum atomic E-state index is 6.36. The third-order valence-corrected chi connectivity index (χ3v) is 4.59. The number of nitrogens with zero attached hydrogens (tertiary/aromatic N) is 2. The van der Waals surface area contributed by atoms with Crippen LogP contribution < -0.4 is 10.5 Å². The molecule has 1 aromatic heterocycles. The molecule has 5 nitrogen and oxygen atoms in total. The van der Waals surface area contributed by atoms with Crippen LogP contribution >= 0.6 is 39.1 Å². The first kappa shape index (κ1) is 18.0. The van der Waals surface area contributed by atoms with Crippen molar-refractivity contribution >= 4 is 45.1 Å². The van der Waals surface area contributed by atoms with E-state index in [2.05, 4.69) is 26.1 Å². The zero-order valence-corrected chi connectivity index (χ0v) is 16.1. The first-order valence-corrected chi connectivity index (χ1v) is 8.99. The van der Waals surface area contributed by atoms with Crippen LogP contribution in [0, 0.1) is 0 Å². The molecule has 0 atom stereocenters. The Morgan fingerprint density at radius 1 is 1.04 bits per heavy atom. The molecule has 0 bridgehead atoms. The Morgan fingerprint density at radius 2 is 1.80 bits per heavy atom. The van der Waals surface area contributed by atoms with Gasteiger partial charge in [0.1, 0.15) is 6.61 Å². The fourth-order valence-corrected chi connectivity index (χ4v) is 3.41. The van der Waals surface area contributed by atoms with Crippen molar-refractivity contribution in [3.63, 3.8) is 0 Å². The summed E-state index contributed by atoms with van der Waals surface area (Å²) in [7, 11) is 0. The summed E-state index contributed by atoms with van der Waals surface area (Å²) in [4.78, 5) is 0. The molecule has 0 radical (unpaired) electrons. The number of nitrogen functional groups attached to an aromatic ring is 1. The molecule has 2 N–H and O–H groups in total. The lowest BCUT2D eigenvalue weighted by Crippen LogP contribution is -1.98. The minimum Gasteiger partial charge on any atom is -0.486 e. The van der Waals surface area contributed by atoms with Crippen LogP contribution in [0.4, 0.5) is 6.01 Å². The Kier molecular flexibility index (Phi) is 5.83. The van der Waals surface area contributed by atoms with Gasteiger partial charge in [-0.25, -0.2) is 0 Å². The largest absolute Gasteiger partial charge is 0.486 e. The quantitative estimate of drug-likeness (QED) is 0.575. The summed E-state index contributed by atoms with van der Waals surface area (Å²) in [5.41, 5.74) is 7.44. The van der Waals surface area contributed by atoms with Crippen LogP contribution in [0.5, 0.6) is 5.75 Å². The molecular formula is C17H14BrCl2N3O2. The summed E-state index contributed by atoms with van der Waals surface area (Å²) >= 11 is 15.8. The number of hydrogen-bond acceptors (Lipinski definition) is 5. The van der Waals surface area contributed by atoms with Gasteiger partial charge in [0.05, 0.1) is 9.50 Å². The molecule has 3 rings (SSSR count). The molecule has 0 aliphatic rings. The topological polar surface area (TPSA) is 74.2 Å². The highest BCUT2D eigenvalue weighted by Crippen LogP contribution is 2.35. The lowest BCUT2D eigenvalue weighted by Gasteiger charge is -2.12. The molecule has 0 fully saturated rings. The normalized spacial score (nSPS) is 10.8. The highest BCUT2D eigenvalue weighted by molar-refractivity contribution is 9.10. The lowest BCUT2D eigenvalue weighted by molar-refractivity contribution is 0.304. The average Bonchev–Trinajstić information content (AvgIpc) is 2.99. The second-order valence-corrected chi connectivity index (χ2v) is 7.04. The van der Waals surface area contributed by atoms with E-state index in [9.17, 15) is 0 Å². The van der Waals surface area contributed by atoms with Gasteiger partial charge in [-0.3, -0.25) is 0 Å². The van der Waals surface area contributed by atoms with Crippen LogP contribution in [0.3, 0.4) is 0 Å². The molecule has 1 heterocycles. The number of benzene rings is 2. The molecule has 0 aliphatic carbocycles. The van der Waals surface area contributed by atoms with Gasteiger partial charge < -0.3 is 14.9 Å². The third kappa shape index (κ3) is 4.87. The lowest BCUT2D eigenvalue weighted by atomic mass is 10.1. The van der Waals surface area contributed by atoms with Crippen molar-refractivity contribution < 1.29 is 9.15 Å². The number of aromatic nitrogens is 2. The van der Waals surface area contributed by atoms with E-state index in [-0.39, 0.29) is 6.01 Å². The molecule has 25 heavy (non-hydrogen) atoms. The zero-order valence-electron chi connectivity index (χ0n) is 13.0. The maximum Gasteiger partial charge on any atom is 0.312 e. The molecule has 3 aromatic rings. The highest BCUT2D eigenvalue weighted by atomic mass is 79.9. The number of ether oxygens (including phenoxy) is 1. The van der Waals surface area contributed by atoms with E-state index in [0.29, 0.717) is 41.1 Å². The van der Waals surface area contributed by atoms with E-state index in [1.807, 2.05) is 36.4 Å². The number of hydrogen-bond donors (Lipinski definition) is 1. The molecule has 8 heteroatoms. The van der Waals surface area contributed by atoms with E-state index in [1.54, 1.807) is 0 Å². The summed E-state index contributed by atoms with van der Waals surface area (Å²) in [6, 6.07) is 11.4. The SMILES string of the molecule is Nc1nnc(CCc2cc(Cl)c(OCc3ccc(Cl)cc3)c(Br)c2)o1. The molecule has 130 valence electrons. The number of aryl methyl sites for hydroxylation is 2. The van der Waals surface area contributed by atoms with Crippen molar-refractivity contribution in [3.8, 4) is 5.75 Å². The fraction of sp³-hybridized carbons (Fsp3) is 0.176. The molecule has 0 unspecified atom stereocenters. The van der Waals surface area contributed by atoms with E-state index in [4.69, 9.17) is 38.1 Å². The number of rotatable bonds is 6. The minimum atomic E-state index is 0.0696. The second-order valence-electron chi connectivity index (χ2n) is 5.34. The van der Waals surface area contributed by atoms with Crippen LogP contribution in [0.15, 0.2) is 45.3 Å². The van der Waals surface area contributed by atoms with Crippen molar-refractivity contribution in [2.45, 2.75) is 19.4 Å². The van der Waals surface area contributed by atoms with Crippen molar-refractivity contribution in [3.05, 3.63) is 67.9 Å². The first-order chi connectivity index (χ1) is 12.0. The number of nitrogens with two attached hydrogens (primary N) is 1. The van der Waals surface area contributed by atoms with Gasteiger partial charge in [-0.1, -0.05) is 40.4 Å². The standard InChI is InChI=1S/C17H14BrCl2N3O2/c18-13-7-11(3-6-15-22-23-17(21)25-15)8-14(20)16(13)24-9-10-1-4-12(19)5-2-10/h1-2,4-5,7-8H,3,6,9H2,(H2,21,23). The van der Waals surface area contributed by atoms with Crippen molar-refractivity contribution in [1.29, 1.82) is 0 Å². The second kappa shape index (κ2) is 8.08. The molecule has 0 amide bonds. The Hall–Kier alpha value is -1.76. The molecular weight excluding hydrogens is 429 g/mol. The minimum absolute atomic E-state index is 0.0696. The average molecular weight is 443 g/mol. The van der Waals surface area contributed by atoms with Crippen LogP contribution in [0.1, 0.15) is 17.0 Å². The first-order valence-electron chi connectivity index (χ1n) is 7.44. The summed E-state index contributed by atoms with van der Waals surface area (Å²) < 4.78 is 11.8. The van der Waals surface area contributed by atoms with Gasteiger partial charge in [0.2, 0.25) is 5.89 Å². The van der Waals surface area contributed by atoms with E-state index in [1.165, 1.54) is 0 Å². The van der Waals surface area contributed by atoms with E-state index < -0.39 is 0 Å². The fourth-order valence-electron chi connectivity index (χ4n) is 2.25. The summed E-state index contributed by atoms with van der Waals surface area (Å²) in [6.45, 7) is 0.399. The van der Waals surface area contributed by atoms with Gasteiger partial charge >= 0.3 is 6.01 Å². The molecule has 0 aliphatic heterocycles. The summed E-state index contributed by atoms with van der Waals surface area (Å²) in [5.74, 6) is 1.09. The smallest absolute Gasteiger partial charge is 0.312 e. The van der Waals surface area contributed by atoms with Crippen LogP contribution in [0.25, 0.3) is 0 Å². The zero-order chi connectivity index (χ0) is 17.8. The Balaban J connectivity index is 1.66. The van der Waals surface area contributed by atoms with Crippen molar-refractivity contribution in [1.82, 2.24) is 10.2 Å². The Bertz CT molecular complexity index is 846. The van der Waals surface area contributed by atoms with Gasteiger partial charge in [0, 0.05) is 11.4 Å². The summed E-state index contributed by atoms with van der Waals surface area (Å²) in [6.07, 6.45) is 1.27. The van der Waals surface area contributed by atoms with Gasteiger partial charge in [0.15, 0.2) is 5.75 Å². The van der Waals surface area contributed by atoms with E-state index in [0.717, 1.165) is 15.6 Å².